The first kappa shape index (κ1) is 13.4. The van der Waals surface area contributed by atoms with Crippen molar-refractivity contribution in [2.75, 3.05) is 11.9 Å². The van der Waals surface area contributed by atoms with Crippen molar-refractivity contribution in [3.05, 3.63) is 28.2 Å². The van der Waals surface area contributed by atoms with Gasteiger partial charge in [-0.3, -0.25) is 4.79 Å². The van der Waals surface area contributed by atoms with Gasteiger partial charge in [0.05, 0.1) is 12.1 Å². The number of aliphatic hydroxyl groups excluding tert-OH is 1. The van der Waals surface area contributed by atoms with Crippen molar-refractivity contribution in [3.63, 3.8) is 0 Å². The van der Waals surface area contributed by atoms with Crippen LogP contribution >= 0.6 is 15.9 Å². The quantitative estimate of drug-likeness (QED) is 0.771. The maximum Gasteiger partial charge on any atom is 0.241 e. The zero-order chi connectivity index (χ0) is 13.3. The van der Waals surface area contributed by atoms with E-state index in [9.17, 15) is 18.7 Å². The van der Waals surface area contributed by atoms with Gasteiger partial charge in [-0.1, -0.05) is 15.9 Å². The van der Waals surface area contributed by atoms with E-state index in [-0.39, 0.29) is 10.9 Å². The second kappa shape index (κ2) is 5.29. The van der Waals surface area contributed by atoms with Crippen LogP contribution in [0.1, 0.15) is 6.42 Å². The Kier molecular flexibility index (Phi) is 3.94. The van der Waals surface area contributed by atoms with E-state index >= 15 is 0 Å². The number of benzene rings is 1. The molecule has 18 heavy (non-hydrogen) atoms. The Morgan fingerprint density at radius 3 is 2.56 bits per heavy atom. The number of halogens is 3. The number of carbonyl (C=O) groups excluding carboxylic acids is 1. The van der Waals surface area contributed by atoms with Crippen LogP contribution in [0.5, 0.6) is 0 Å². The first-order chi connectivity index (χ1) is 8.47. The Morgan fingerprint density at radius 2 is 2.06 bits per heavy atom. The summed E-state index contributed by atoms with van der Waals surface area (Å²) in [6, 6.07) is 1.49. The van der Waals surface area contributed by atoms with Crippen LogP contribution in [0.4, 0.5) is 14.5 Å². The number of carbonyl (C=O) groups is 1. The molecule has 1 aliphatic rings. The molecule has 2 unspecified atom stereocenters. The first-order valence-electron chi connectivity index (χ1n) is 5.34. The molecule has 1 amide bonds. The van der Waals surface area contributed by atoms with E-state index in [1.54, 1.807) is 0 Å². The maximum absolute atomic E-state index is 13.5. The van der Waals surface area contributed by atoms with Gasteiger partial charge < -0.3 is 15.7 Å². The Labute approximate surface area is 111 Å². The van der Waals surface area contributed by atoms with Gasteiger partial charge in [0.2, 0.25) is 5.91 Å². The van der Waals surface area contributed by atoms with E-state index in [0.717, 1.165) is 12.1 Å². The molecular weight excluding hydrogens is 310 g/mol. The minimum atomic E-state index is -0.853. The fourth-order valence-corrected chi connectivity index (χ4v) is 2.19. The van der Waals surface area contributed by atoms with E-state index in [0.29, 0.717) is 6.54 Å². The summed E-state index contributed by atoms with van der Waals surface area (Å²) in [5.74, 6) is -2.27. The number of β-amino-alcohol motifs (C(OH)–C–C–N with tert-alkyl or cyclic N) is 1. The van der Waals surface area contributed by atoms with Crippen LogP contribution < -0.4 is 10.6 Å². The lowest BCUT2D eigenvalue weighted by Gasteiger charge is -2.12. The molecule has 0 aliphatic carbocycles. The van der Waals surface area contributed by atoms with E-state index in [1.807, 2.05) is 0 Å². The van der Waals surface area contributed by atoms with Gasteiger partial charge in [0, 0.05) is 11.0 Å². The number of hydrogen-bond acceptors (Lipinski definition) is 3. The SMILES string of the molecule is O=C(Nc1c(F)cc(Br)cc1F)C1CC(O)CN1. The second-order valence-corrected chi connectivity index (χ2v) is 5.00. The Balaban J connectivity index is 2.12. The minimum Gasteiger partial charge on any atom is -0.392 e. The molecule has 1 saturated heterocycles. The molecule has 1 aromatic carbocycles. The highest BCUT2D eigenvalue weighted by Crippen LogP contribution is 2.24. The van der Waals surface area contributed by atoms with Crippen molar-refractivity contribution in [2.45, 2.75) is 18.6 Å². The van der Waals surface area contributed by atoms with Gasteiger partial charge in [0.25, 0.3) is 0 Å². The summed E-state index contributed by atoms with van der Waals surface area (Å²) < 4.78 is 27.2. The Hall–Kier alpha value is -1.05. The monoisotopic (exact) mass is 320 g/mol. The smallest absolute Gasteiger partial charge is 0.241 e. The molecule has 1 heterocycles. The van der Waals surface area contributed by atoms with E-state index in [4.69, 9.17) is 0 Å². The van der Waals surface area contributed by atoms with Crippen LogP contribution in [-0.2, 0) is 4.79 Å². The second-order valence-electron chi connectivity index (χ2n) is 4.08. The normalized spacial score (nSPS) is 23.1. The van der Waals surface area contributed by atoms with Gasteiger partial charge in [-0.25, -0.2) is 8.78 Å². The van der Waals surface area contributed by atoms with E-state index in [1.165, 1.54) is 0 Å². The van der Waals surface area contributed by atoms with Crippen LogP contribution in [0.2, 0.25) is 0 Å². The van der Waals surface area contributed by atoms with Gasteiger partial charge in [-0.05, 0) is 18.6 Å². The van der Waals surface area contributed by atoms with Crippen LogP contribution in [-0.4, -0.2) is 29.7 Å². The lowest BCUT2D eigenvalue weighted by atomic mass is 10.2. The predicted molar refractivity (Wildman–Crippen MR) is 65.1 cm³/mol. The van der Waals surface area contributed by atoms with E-state index < -0.39 is 35.4 Å². The summed E-state index contributed by atoms with van der Waals surface area (Å²) in [5, 5.41) is 14.2. The van der Waals surface area contributed by atoms with Crippen molar-refractivity contribution in [2.24, 2.45) is 0 Å². The van der Waals surface area contributed by atoms with Gasteiger partial charge >= 0.3 is 0 Å². The zero-order valence-corrected chi connectivity index (χ0v) is 10.8. The largest absolute Gasteiger partial charge is 0.392 e. The molecule has 3 N–H and O–H groups in total. The van der Waals surface area contributed by atoms with Gasteiger partial charge in [0.15, 0.2) is 11.6 Å². The third-order valence-electron chi connectivity index (χ3n) is 2.68. The molecule has 2 rings (SSSR count). The summed E-state index contributed by atoms with van der Waals surface area (Å²) in [7, 11) is 0. The number of nitrogens with one attached hydrogen (secondary N) is 2. The molecule has 7 heteroatoms. The topological polar surface area (TPSA) is 61.4 Å². The summed E-state index contributed by atoms with van der Waals surface area (Å²) in [5.41, 5.74) is -0.480. The van der Waals surface area contributed by atoms with Crippen LogP contribution in [0.25, 0.3) is 0 Å². The molecule has 0 saturated carbocycles. The first-order valence-corrected chi connectivity index (χ1v) is 6.13. The average Bonchev–Trinajstić information content (AvgIpc) is 2.70. The van der Waals surface area contributed by atoms with Crippen molar-refractivity contribution in [1.29, 1.82) is 0 Å². The van der Waals surface area contributed by atoms with Gasteiger partial charge in [0.1, 0.15) is 5.69 Å². The number of anilines is 1. The summed E-state index contributed by atoms with van der Waals surface area (Å²) in [6.45, 7) is 0.295. The molecular formula is C11H11BrF2N2O2. The molecule has 0 radical (unpaired) electrons. The molecule has 0 bridgehead atoms. The molecule has 2 atom stereocenters. The highest BCUT2D eigenvalue weighted by molar-refractivity contribution is 9.10. The minimum absolute atomic E-state index is 0.228. The van der Waals surface area contributed by atoms with Crippen LogP contribution in [0.15, 0.2) is 16.6 Å². The van der Waals surface area contributed by atoms with Crippen molar-refractivity contribution in [3.8, 4) is 0 Å². The van der Waals surface area contributed by atoms with Crippen molar-refractivity contribution >= 4 is 27.5 Å². The van der Waals surface area contributed by atoms with Gasteiger partial charge in [-0.15, -0.1) is 0 Å². The Morgan fingerprint density at radius 1 is 1.44 bits per heavy atom. The zero-order valence-electron chi connectivity index (χ0n) is 9.21. The fourth-order valence-electron chi connectivity index (χ4n) is 1.79. The molecule has 98 valence electrons. The number of rotatable bonds is 2. The Bertz CT molecular complexity index is 461. The standard InChI is InChI=1S/C11H11BrF2N2O2/c12-5-1-7(13)10(8(14)2-5)16-11(18)9-3-6(17)4-15-9/h1-2,6,9,15,17H,3-4H2,(H,16,18). The van der Waals surface area contributed by atoms with Crippen molar-refractivity contribution in [1.82, 2.24) is 5.32 Å². The maximum atomic E-state index is 13.5. The summed E-state index contributed by atoms with van der Waals surface area (Å²) in [4.78, 5) is 11.7. The van der Waals surface area contributed by atoms with Crippen LogP contribution in [0, 0.1) is 11.6 Å². The number of amides is 1. The predicted octanol–water partition coefficient (Wildman–Crippen LogP) is 1.39. The molecule has 0 spiro atoms. The average molecular weight is 321 g/mol. The highest BCUT2D eigenvalue weighted by Gasteiger charge is 2.29. The van der Waals surface area contributed by atoms with Crippen molar-refractivity contribution < 1.29 is 18.7 Å². The van der Waals surface area contributed by atoms with Crippen LogP contribution in [0.3, 0.4) is 0 Å². The molecule has 1 fully saturated rings. The fraction of sp³-hybridized carbons (Fsp3) is 0.364. The van der Waals surface area contributed by atoms with E-state index in [2.05, 4.69) is 26.6 Å². The lowest BCUT2D eigenvalue weighted by Crippen LogP contribution is -2.36. The molecule has 1 aliphatic heterocycles. The molecule has 1 aromatic rings. The highest BCUT2D eigenvalue weighted by atomic mass is 79.9. The molecule has 4 nitrogen and oxygen atoms in total. The number of aliphatic hydroxyl groups is 1. The molecule has 0 aromatic heterocycles. The lowest BCUT2D eigenvalue weighted by molar-refractivity contribution is -0.118. The third-order valence-corrected chi connectivity index (χ3v) is 3.14. The summed E-state index contributed by atoms with van der Waals surface area (Å²) in [6.07, 6.45) is -0.383. The summed E-state index contributed by atoms with van der Waals surface area (Å²) >= 11 is 2.95. The number of hydrogen-bond donors (Lipinski definition) is 3. The third kappa shape index (κ3) is 2.85. The van der Waals surface area contributed by atoms with Gasteiger partial charge in [-0.2, -0.15) is 0 Å².